The summed E-state index contributed by atoms with van der Waals surface area (Å²) in [6.07, 6.45) is 6.50. The lowest BCUT2D eigenvalue weighted by Gasteiger charge is -2.27. The second kappa shape index (κ2) is 7.30. The van der Waals surface area contributed by atoms with Crippen LogP contribution < -0.4 is 5.32 Å². The summed E-state index contributed by atoms with van der Waals surface area (Å²) in [5.41, 5.74) is 0. The van der Waals surface area contributed by atoms with E-state index in [2.05, 4.69) is 12.2 Å². The number of carbonyl (C=O) groups excluding carboxylic acids is 2. The van der Waals surface area contributed by atoms with E-state index in [1.807, 2.05) is 0 Å². The quantitative estimate of drug-likeness (QED) is 0.718. The van der Waals surface area contributed by atoms with Crippen LogP contribution >= 0.6 is 0 Å². The summed E-state index contributed by atoms with van der Waals surface area (Å²) in [7, 11) is 0. The molecule has 17 heavy (non-hydrogen) atoms. The van der Waals surface area contributed by atoms with Crippen molar-refractivity contribution in [3.63, 3.8) is 0 Å². The molecule has 0 aromatic carbocycles. The van der Waals surface area contributed by atoms with Crippen LogP contribution in [-0.4, -0.2) is 35.8 Å². The molecule has 1 aliphatic carbocycles. The van der Waals surface area contributed by atoms with E-state index in [1.165, 1.54) is 12.8 Å². The lowest BCUT2D eigenvalue weighted by Crippen LogP contribution is -2.44. The van der Waals surface area contributed by atoms with Gasteiger partial charge in [0.2, 0.25) is 11.8 Å². The first kappa shape index (κ1) is 14.0. The Labute approximate surface area is 104 Å². The van der Waals surface area contributed by atoms with Crippen LogP contribution in [0.2, 0.25) is 0 Å². The van der Waals surface area contributed by atoms with Crippen molar-refractivity contribution in [3.8, 4) is 0 Å². The maximum atomic E-state index is 11.7. The van der Waals surface area contributed by atoms with Gasteiger partial charge in [0.25, 0.3) is 0 Å². The Morgan fingerprint density at radius 1 is 1.29 bits per heavy atom. The first-order valence-corrected chi connectivity index (χ1v) is 6.69. The van der Waals surface area contributed by atoms with Gasteiger partial charge in [-0.25, -0.2) is 0 Å². The normalized spacial score (nSPS) is 15.9. The van der Waals surface area contributed by atoms with Gasteiger partial charge in [-0.05, 0) is 19.3 Å². The molecule has 0 heterocycles. The molecule has 0 aromatic heterocycles. The van der Waals surface area contributed by atoms with Crippen molar-refractivity contribution in [2.24, 2.45) is 0 Å². The van der Waals surface area contributed by atoms with Gasteiger partial charge in [-0.3, -0.25) is 9.59 Å². The zero-order chi connectivity index (χ0) is 12.7. The van der Waals surface area contributed by atoms with Crippen LogP contribution in [0.3, 0.4) is 0 Å². The lowest BCUT2D eigenvalue weighted by atomic mass is 10.2. The van der Waals surface area contributed by atoms with Gasteiger partial charge in [0.05, 0.1) is 6.54 Å². The smallest absolute Gasteiger partial charge is 0.239 e. The third kappa shape index (κ3) is 4.75. The summed E-state index contributed by atoms with van der Waals surface area (Å²) >= 11 is 0. The van der Waals surface area contributed by atoms with E-state index in [4.69, 9.17) is 0 Å². The fourth-order valence-electron chi connectivity index (χ4n) is 2.33. The van der Waals surface area contributed by atoms with Crippen LogP contribution in [-0.2, 0) is 9.59 Å². The number of hydrogen-bond acceptors (Lipinski definition) is 2. The lowest BCUT2D eigenvalue weighted by molar-refractivity contribution is -0.136. The number of nitrogens with one attached hydrogen (secondary N) is 1. The molecule has 1 fully saturated rings. The molecule has 0 saturated heterocycles. The molecule has 0 aromatic rings. The molecule has 98 valence electrons. The summed E-state index contributed by atoms with van der Waals surface area (Å²) < 4.78 is 0. The largest absolute Gasteiger partial charge is 0.355 e. The zero-order valence-electron chi connectivity index (χ0n) is 11.0. The number of carbonyl (C=O) groups is 2. The third-order valence-corrected chi connectivity index (χ3v) is 3.34. The highest BCUT2D eigenvalue weighted by molar-refractivity contribution is 5.83. The molecule has 1 N–H and O–H groups in total. The molecule has 0 bridgehead atoms. The van der Waals surface area contributed by atoms with E-state index >= 15 is 0 Å². The van der Waals surface area contributed by atoms with Crippen LogP contribution in [0.25, 0.3) is 0 Å². The van der Waals surface area contributed by atoms with Crippen molar-refractivity contribution in [1.29, 1.82) is 0 Å². The predicted molar refractivity (Wildman–Crippen MR) is 67.6 cm³/mol. The number of unbranched alkanes of at least 4 members (excludes halogenated alkanes) is 1. The molecule has 4 heteroatoms. The van der Waals surface area contributed by atoms with Crippen molar-refractivity contribution in [1.82, 2.24) is 10.2 Å². The first-order valence-electron chi connectivity index (χ1n) is 6.69. The van der Waals surface area contributed by atoms with Crippen LogP contribution in [0.4, 0.5) is 0 Å². The first-order chi connectivity index (χ1) is 8.15. The summed E-state index contributed by atoms with van der Waals surface area (Å²) in [4.78, 5) is 25.0. The predicted octanol–water partition coefficient (Wildman–Crippen LogP) is 1.69. The maximum absolute atomic E-state index is 11.7. The molecule has 4 nitrogen and oxygen atoms in total. The highest BCUT2D eigenvalue weighted by Gasteiger charge is 2.25. The molecule has 0 spiro atoms. The van der Waals surface area contributed by atoms with Gasteiger partial charge in [-0.15, -0.1) is 0 Å². The Morgan fingerprint density at radius 3 is 2.47 bits per heavy atom. The average molecular weight is 240 g/mol. The van der Waals surface area contributed by atoms with Crippen molar-refractivity contribution in [2.45, 2.75) is 58.4 Å². The van der Waals surface area contributed by atoms with E-state index in [0.29, 0.717) is 6.54 Å². The van der Waals surface area contributed by atoms with Crippen LogP contribution in [0.1, 0.15) is 52.4 Å². The minimum Gasteiger partial charge on any atom is -0.355 e. The summed E-state index contributed by atoms with van der Waals surface area (Å²) in [6.45, 7) is 4.58. The van der Waals surface area contributed by atoms with Gasteiger partial charge in [0, 0.05) is 19.5 Å². The summed E-state index contributed by atoms with van der Waals surface area (Å²) in [5, 5.41) is 2.86. The van der Waals surface area contributed by atoms with Crippen molar-refractivity contribution >= 4 is 11.8 Å². The van der Waals surface area contributed by atoms with Gasteiger partial charge in [0.15, 0.2) is 0 Å². The molecule has 0 unspecified atom stereocenters. The number of amides is 2. The Morgan fingerprint density at radius 2 is 1.94 bits per heavy atom. The van der Waals surface area contributed by atoms with E-state index in [1.54, 1.807) is 11.8 Å². The van der Waals surface area contributed by atoms with Crippen LogP contribution in [0, 0.1) is 0 Å². The molecular weight excluding hydrogens is 216 g/mol. The molecule has 0 atom stereocenters. The van der Waals surface area contributed by atoms with E-state index in [9.17, 15) is 9.59 Å². The highest BCUT2D eigenvalue weighted by Crippen LogP contribution is 2.23. The third-order valence-electron chi connectivity index (χ3n) is 3.34. The van der Waals surface area contributed by atoms with Crippen LogP contribution in [0.5, 0.6) is 0 Å². The Hall–Kier alpha value is -1.06. The van der Waals surface area contributed by atoms with Gasteiger partial charge in [-0.2, -0.15) is 0 Å². The Balaban J connectivity index is 2.37. The van der Waals surface area contributed by atoms with Crippen molar-refractivity contribution < 1.29 is 9.59 Å². The Kier molecular flexibility index (Phi) is 6.01. The summed E-state index contributed by atoms with van der Waals surface area (Å²) in [5.74, 6) is -0.0110. The molecular formula is C13H24N2O2. The standard InChI is InChI=1S/C13H24N2O2/c1-3-4-9-14-13(17)10-15(11(2)16)12-7-5-6-8-12/h12H,3-10H2,1-2H3,(H,14,17). The zero-order valence-corrected chi connectivity index (χ0v) is 11.0. The minimum absolute atomic E-state index is 0.0162. The molecule has 2 amide bonds. The number of hydrogen-bond donors (Lipinski definition) is 1. The maximum Gasteiger partial charge on any atom is 0.239 e. The fourth-order valence-corrected chi connectivity index (χ4v) is 2.33. The second-order valence-electron chi connectivity index (χ2n) is 4.79. The summed E-state index contributed by atoms with van der Waals surface area (Å²) in [6, 6.07) is 0.282. The molecule has 1 saturated carbocycles. The topological polar surface area (TPSA) is 49.4 Å². The van der Waals surface area contributed by atoms with E-state index in [0.717, 1.165) is 25.7 Å². The number of rotatable bonds is 6. The molecule has 0 aliphatic heterocycles. The molecule has 0 radical (unpaired) electrons. The molecule has 1 rings (SSSR count). The van der Waals surface area contributed by atoms with Gasteiger partial charge in [0.1, 0.15) is 0 Å². The van der Waals surface area contributed by atoms with Crippen molar-refractivity contribution in [2.75, 3.05) is 13.1 Å². The Bertz CT molecular complexity index is 260. The minimum atomic E-state index is -0.0273. The highest BCUT2D eigenvalue weighted by atomic mass is 16.2. The van der Waals surface area contributed by atoms with Gasteiger partial charge < -0.3 is 10.2 Å². The van der Waals surface area contributed by atoms with Gasteiger partial charge in [-0.1, -0.05) is 26.2 Å². The monoisotopic (exact) mass is 240 g/mol. The SMILES string of the molecule is CCCCNC(=O)CN(C(C)=O)C1CCCC1. The molecule has 1 aliphatic rings. The van der Waals surface area contributed by atoms with Crippen LogP contribution in [0.15, 0.2) is 0 Å². The van der Waals surface area contributed by atoms with E-state index < -0.39 is 0 Å². The van der Waals surface area contributed by atoms with Crippen molar-refractivity contribution in [3.05, 3.63) is 0 Å². The number of nitrogens with zero attached hydrogens (tertiary/aromatic N) is 1. The fraction of sp³-hybridized carbons (Fsp3) is 0.846. The average Bonchev–Trinajstić information content (AvgIpc) is 2.79. The van der Waals surface area contributed by atoms with E-state index in [-0.39, 0.29) is 24.4 Å². The second-order valence-corrected chi connectivity index (χ2v) is 4.79. The van der Waals surface area contributed by atoms with Gasteiger partial charge >= 0.3 is 0 Å².